The quantitative estimate of drug-likeness (QED) is 0.679. The molecule has 0 amide bonds. The third kappa shape index (κ3) is 6.13. The molecule has 0 aliphatic carbocycles. The summed E-state index contributed by atoms with van der Waals surface area (Å²) < 4.78 is 32.2. The zero-order chi connectivity index (χ0) is 15.9. The van der Waals surface area contributed by atoms with Gasteiger partial charge >= 0.3 is 0 Å². The van der Waals surface area contributed by atoms with E-state index in [-0.39, 0.29) is 11.4 Å². The number of rotatable bonds is 9. The van der Waals surface area contributed by atoms with E-state index in [1.165, 1.54) is 0 Å². The lowest BCUT2D eigenvalue weighted by atomic mass is 10.1. The van der Waals surface area contributed by atoms with Crippen LogP contribution >= 0.6 is 0 Å². The van der Waals surface area contributed by atoms with Gasteiger partial charge in [0.15, 0.2) is 0 Å². The minimum Gasteiger partial charge on any atom is -0.377 e. The average Bonchev–Trinajstić information content (AvgIpc) is 2.46. The molecule has 6 heteroatoms. The Morgan fingerprint density at radius 1 is 1.19 bits per heavy atom. The van der Waals surface area contributed by atoms with E-state index in [0.29, 0.717) is 0 Å². The molecule has 0 radical (unpaired) electrons. The minimum atomic E-state index is -3.49. The molecule has 21 heavy (non-hydrogen) atoms. The molecule has 1 aromatic carbocycles. The van der Waals surface area contributed by atoms with Crippen LogP contribution in [0, 0.1) is 0 Å². The van der Waals surface area contributed by atoms with Crippen LogP contribution in [0.15, 0.2) is 29.2 Å². The summed E-state index contributed by atoms with van der Waals surface area (Å²) in [6, 6.07) is 7.03. The summed E-state index contributed by atoms with van der Waals surface area (Å²) in [7, 11) is -0.00460. The predicted molar refractivity (Wildman–Crippen MR) is 85.0 cm³/mol. The monoisotopic (exact) mass is 314 g/mol. The number of methoxy groups -OCH3 is 1. The van der Waals surface area contributed by atoms with E-state index in [1.54, 1.807) is 19.2 Å². The van der Waals surface area contributed by atoms with Gasteiger partial charge in [0.1, 0.15) is 0 Å². The normalized spacial score (nSPS) is 12.6. The van der Waals surface area contributed by atoms with E-state index in [1.807, 2.05) is 33.0 Å². The molecule has 5 nitrogen and oxygen atoms in total. The summed E-state index contributed by atoms with van der Waals surface area (Å²) in [6.07, 6.45) is 1.97. The van der Waals surface area contributed by atoms with E-state index in [2.05, 4.69) is 10.0 Å². The molecular formula is C15H26N2O3S. The summed E-state index contributed by atoms with van der Waals surface area (Å²) in [5, 5.41) is 3.09. The van der Waals surface area contributed by atoms with Crippen LogP contribution in [-0.2, 0) is 21.2 Å². The Labute approximate surface area is 128 Å². The highest BCUT2D eigenvalue weighted by atomic mass is 32.2. The molecule has 0 saturated heterocycles. The van der Waals surface area contributed by atoms with Crippen molar-refractivity contribution in [2.75, 3.05) is 27.2 Å². The van der Waals surface area contributed by atoms with Crippen molar-refractivity contribution in [2.24, 2.45) is 0 Å². The molecule has 0 heterocycles. The number of sulfonamides is 1. The Bertz CT molecular complexity index is 524. The number of ether oxygens (including phenoxy) is 1. The van der Waals surface area contributed by atoms with Crippen LogP contribution < -0.4 is 10.0 Å². The first kappa shape index (κ1) is 18.1. The standard InChI is InChI=1S/C15H26N2O3S/c1-15(2,20-4)12-17-21(18,19)14-9-7-13(8-10-14)6-5-11-16-3/h7-10,16-17H,5-6,11-12H2,1-4H3. The van der Waals surface area contributed by atoms with Gasteiger partial charge in [-0.15, -0.1) is 0 Å². The lowest BCUT2D eigenvalue weighted by molar-refractivity contribution is 0.0276. The van der Waals surface area contributed by atoms with Crippen LogP contribution in [0.5, 0.6) is 0 Å². The van der Waals surface area contributed by atoms with E-state index >= 15 is 0 Å². The molecule has 1 aromatic rings. The highest BCUT2D eigenvalue weighted by Gasteiger charge is 2.21. The highest BCUT2D eigenvalue weighted by Crippen LogP contribution is 2.13. The van der Waals surface area contributed by atoms with Gasteiger partial charge in [0.2, 0.25) is 10.0 Å². The third-order valence-electron chi connectivity index (χ3n) is 3.37. The average molecular weight is 314 g/mol. The van der Waals surface area contributed by atoms with Gasteiger partial charge in [0, 0.05) is 13.7 Å². The number of hydrogen-bond acceptors (Lipinski definition) is 4. The van der Waals surface area contributed by atoms with Gasteiger partial charge in [0.25, 0.3) is 0 Å². The first-order valence-electron chi connectivity index (χ1n) is 7.09. The second-order valence-corrected chi connectivity index (χ2v) is 7.41. The van der Waals surface area contributed by atoms with Crippen molar-refractivity contribution in [3.8, 4) is 0 Å². The van der Waals surface area contributed by atoms with Gasteiger partial charge in [-0.1, -0.05) is 12.1 Å². The molecule has 120 valence electrons. The summed E-state index contributed by atoms with van der Waals surface area (Å²) >= 11 is 0. The zero-order valence-corrected chi connectivity index (χ0v) is 14.1. The van der Waals surface area contributed by atoms with Gasteiger partial charge in [0.05, 0.1) is 10.5 Å². The first-order chi connectivity index (χ1) is 9.80. The van der Waals surface area contributed by atoms with Crippen LogP contribution in [0.1, 0.15) is 25.8 Å². The van der Waals surface area contributed by atoms with Crippen molar-refractivity contribution in [2.45, 2.75) is 37.2 Å². The van der Waals surface area contributed by atoms with Crippen molar-refractivity contribution in [1.29, 1.82) is 0 Å². The summed E-state index contributed by atoms with van der Waals surface area (Å²) in [4.78, 5) is 0.284. The van der Waals surface area contributed by atoms with E-state index in [0.717, 1.165) is 24.9 Å². The first-order valence-corrected chi connectivity index (χ1v) is 8.57. The maximum atomic E-state index is 12.2. The van der Waals surface area contributed by atoms with Crippen LogP contribution in [0.2, 0.25) is 0 Å². The largest absolute Gasteiger partial charge is 0.377 e. The van der Waals surface area contributed by atoms with Crippen molar-refractivity contribution < 1.29 is 13.2 Å². The molecule has 0 spiro atoms. The molecule has 0 saturated carbocycles. The van der Waals surface area contributed by atoms with Gasteiger partial charge in [-0.2, -0.15) is 0 Å². The molecule has 0 aliphatic rings. The maximum absolute atomic E-state index is 12.2. The summed E-state index contributed by atoms with van der Waals surface area (Å²) in [6.45, 7) is 4.85. The van der Waals surface area contributed by atoms with Gasteiger partial charge in [-0.3, -0.25) is 0 Å². The molecule has 0 aliphatic heterocycles. The van der Waals surface area contributed by atoms with E-state index < -0.39 is 15.6 Å². The molecule has 0 atom stereocenters. The SMILES string of the molecule is CNCCCc1ccc(S(=O)(=O)NCC(C)(C)OC)cc1. The van der Waals surface area contributed by atoms with Crippen molar-refractivity contribution in [1.82, 2.24) is 10.0 Å². The fraction of sp³-hybridized carbons (Fsp3) is 0.600. The van der Waals surface area contributed by atoms with Gasteiger partial charge in [-0.05, 0) is 58.0 Å². The zero-order valence-electron chi connectivity index (χ0n) is 13.3. The molecule has 0 fully saturated rings. The van der Waals surface area contributed by atoms with Crippen LogP contribution in [0.3, 0.4) is 0 Å². The van der Waals surface area contributed by atoms with Gasteiger partial charge in [-0.25, -0.2) is 13.1 Å². The third-order valence-corrected chi connectivity index (χ3v) is 4.78. The van der Waals surface area contributed by atoms with Crippen molar-refractivity contribution in [3.05, 3.63) is 29.8 Å². The molecule has 1 rings (SSSR count). The number of nitrogens with one attached hydrogen (secondary N) is 2. The lowest BCUT2D eigenvalue weighted by Crippen LogP contribution is -2.39. The Morgan fingerprint density at radius 3 is 2.33 bits per heavy atom. The summed E-state index contributed by atoms with van der Waals surface area (Å²) in [5.41, 5.74) is 0.613. The summed E-state index contributed by atoms with van der Waals surface area (Å²) in [5.74, 6) is 0. The number of aryl methyl sites for hydroxylation is 1. The molecule has 2 N–H and O–H groups in total. The lowest BCUT2D eigenvalue weighted by Gasteiger charge is -2.23. The fourth-order valence-corrected chi connectivity index (χ4v) is 2.93. The Hall–Kier alpha value is -0.950. The Balaban J connectivity index is 2.67. The predicted octanol–water partition coefficient (Wildman–Crippen LogP) is 1.54. The maximum Gasteiger partial charge on any atom is 0.240 e. The van der Waals surface area contributed by atoms with E-state index in [9.17, 15) is 8.42 Å². The van der Waals surface area contributed by atoms with Crippen molar-refractivity contribution >= 4 is 10.0 Å². The Morgan fingerprint density at radius 2 is 1.81 bits per heavy atom. The molecule has 0 bridgehead atoms. The fourth-order valence-electron chi connectivity index (χ4n) is 1.73. The van der Waals surface area contributed by atoms with Crippen LogP contribution in [0.4, 0.5) is 0 Å². The number of benzene rings is 1. The second-order valence-electron chi connectivity index (χ2n) is 5.64. The topological polar surface area (TPSA) is 67.4 Å². The second kappa shape index (κ2) is 7.89. The molecular weight excluding hydrogens is 288 g/mol. The van der Waals surface area contributed by atoms with Crippen LogP contribution in [0.25, 0.3) is 0 Å². The Kier molecular flexibility index (Phi) is 6.80. The van der Waals surface area contributed by atoms with Crippen molar-refractivity contribution in [3.63, 3.8) is 0 Å². The molecule has 0 unspecified atom stereocenters. The highest BCUT2D eigenvalue weighted by molar-refractivity contribution is 7.89. The smallest absolute Gasteiger partial charge is 0.240 e. The number of hydrogen-bond donors (Lipinski definition) is 2. The van der Waals surface area contributed by atoms with Crippen LogP contribution in [-0.4, -0.2) is 41.3 Å². The molecule has 0 aromatic heterocycles. The minimum absolute atomic E-state index is 0.232. The van der Waals surface area contributed by atoms with Gasteiger partial charge < -0.3 is 10.1 Å². The van der Waals surface area contributed by atoms with E-state index in [4.69, 9.17) is 4.74 Å².